The number of hydrogen-bond acceptors (Lipinski definition) is 5. The van der Waals surface area contributed by atoms with Crippen molar-refractivity contribution in [2.45, 2.75) is 70.2 Å². The van der Waals surface area contributed by atoms with Crippen molar-refractivity contribution in [2.75, 3.05) is 13.7 Å². The van der Waals surface area contributed by atoms with Crippen molar-refractivity contribution in [1.82, 2.24) is 0 Å². The number of carbonyl (C=O) groups excluding carboxylic acids is 1. The standard InChI is InChI=1S/C21H32O5/c1-19(2,24)9-5-6-14-12-26-18(23)17-15(14)7-10-20(3)13-21(17,25-4)11-8-16(20)22/h5-6,9,15-17,22,24H,7-8,10-13H2,1-4H3/b9-5+,14-6+/t15-,16+,17-,20+,21-/m1/s1. The SMILES string of the molecule is CO[C@@]12CC[C@H](O)[C@@](C)(CC[C@@H]3/C(=C/C=C/C(C)(C)O)COC(=O)[C@@H]31)C2. The Kier molecular flexibility index (Phi) is 5.10. The Morgan fingerprint density at radius 3 is 2.69 bits per heavy atom. The summed E-state index contributed by atoms with van der Waals surface area (Å²) in [7, 11) is 1.68. The lowest BCUT2D eigenvalue weighted by Gasteiger charge is -2.50. The highest BCUT2D eigenvalue weighted by Gasteiger charge is 2.59. The van der Waals surface area contributed by atoms with Crippen LogP contribution in [0, 0.1) is 17.3 Å². The maximum atomic E-state index is 12.8. The van der Waals surface area contributed by atoms with Crippen LogP contribution in [0.1, 0.15) is 52.9 Å². The quantitative estimate of drug-likeness (QED) is 0.753. The van der Waals surface area contributed by atoms with Gasteiger partial charge in [-0.25, -0.2) is 0 Å². The van der Waals surface area contributed by atoms with Gasteiger partial charge < -0.3 is 19.7 Å². The highest BCUT2D eigenvalue weighted by atomic mass is 16.5. The second-order valence-corrected chi connectivity index (χ2v) is 9.14. The largest absolute Gasteiger partial charge is 0.461 e. The van der Waals surface area contributed by atoms with Gasteiger partial charge in [0.1, 0.15) is 6.61 Å². The van der Waals surface area contributed by atoms with Gasteiger partial charge in [0.2, 0.25) is 0 Å². The zero-order valence-electron chi connectivity index (χ0n) is 16.3. The molecule has 3 rings (SSSR count). The second-order valence-electron chi connectivity index (χ2n) is 9.14. The van der Waals surface area contributed by atoms with E-state index in [0.717, 1.165) is 18.4 Å². The number of methoxy groups -OCH3 is 1. The molecular weight excluding hydrogens is 332 g/mol. The zero-order chi connectivity index (χ0) is 19.2. The van der Waals surface area contributed by atoms with E-state index in [1.165, 1.54) is 0 Å². The molecule has 5 atom stereocenters. The summed E-state index contributed by atoms with van der Waals surface area (Å²) in [5, 5.41) is 20.5. The number of hydrogen-bond donors (Lipinski definition) is 2. The van der Waals surface area contributed by atoms with E-state index in [0.29, 0.717) is 19.3 Å². The van der Waals surface area contributed by atoms with Crippen LogP contribution in [0.25, 0.3) is 0 Å². The fourth-order valence-corrected chi connectivity index (χ4v) is 5.17. The van der Waals surface area contributed by atoms with Gasteiger partial charge in [-0.05, 0) is 62.9 Å². The van der Waals surface area contributed by atoms with Crippen LogP contribution in [0.2, 0.25) is 0 Å². The summed E-state index contributed by atoms with van der Waals surface area (Å²) in [5.41, 5.74) is -0.629. The molecule has 3 aliphatic rings. The van der Waals surface area contributed by atoms with E-state index in [4.69, 9.17) is 9.47 Å². The van der Waals surface area contributed by atoms with Gasteiger partial charge in [0.15, 0.2) is 0 Å². The number of esters is 1. The van der Waals surface area contributed by atoms with Crippen LogP contribution in [0.15, 0.2) is 23.8 Å². The first-order valence-electron chi connectivity index (χ1n) is 9.61. The summed E-state index contributed by atoms with van der Waals surface area (Å²) >= 11 is 0. The van der Waals surface area contributed by atoms with E-state index in [1.807, 2.05) is 12.2 Å². The summed E-state index contributed by atoms with van der Waals surface area (Å²) in [6.07, 6.45) is 8.89. The predicted octanol–water partition coefficient (Wildman–Crippen LogP) is 2.76. The molecule has 0 aromatic carbocycles. The molecule has 146 valence electrons. The lowest BCUT2D eigenvalue weighted by Crippen LogP contribution is -2.55. The van der Waals surface area contributed by atoms with Crippen molar-refractivity contribution in [3.63, 3.8) is 0 Å². The van der Waals surface area contributed by atoms with Crippen molar-refractivity contribution < 1.29 is 24.5 Å². The first-order chi connectivity index (χ1) is 12.1. The number of ether oxygens (including phenoxy) is 2. The molecule has 0 spiro atoms. The molecule has 1 saturated heterocycles. The molecule has 2 aliphatic carbocycles. The molecule has 2 bridgehead atoms. The molecule has 5 nitrogen and oxygen atoms in total. The normalized spacial score (nSPS) is 42.5. The third-order valence-electron chi connectivity index (χ3n) is 6.68. The lowest BCUT2D eigenvalue weighted by molar-refractivity contribution is -0.184. The van der Waals surface area contributed by atoms with Gasteiger partial charge in [-0.1, -0.05) is 25.2 Å². The molecule has 2 saturated carbocycles. The number of aliphatic hydroxyl groups is 2. The van der Waals surface area contributed by atoms with E-state index < -0.39 is 11.2 Å². The van der Waals surface area contributed by atoms with E-state index in [2.05, 4.69) is 6.92 Å². The summed E-state index contributed by atoms with van der Waals surface area (Å²) in [5.74, 6) is -0.465. The number of allylic oxidation sites excluding steroid dienone is 2. The fraction of sp³-hybridized carbons (Fsp3) is 0.762. The van der Waals surface area contributed by atoms with E-state index in [-0.39, 0.29) is 35.9 Å². The van der Waals surface area contributed by atoms with E-state index >= 15 is 0 Å². The highest BCUT2D eigenvalue weighted by molar-refractivity contribution is 5.76. The van der Waals surface area contributed by atoms with Crippen LogP contribution in [0.3, 0.4) is 0 Å². The third kappa shape index (κ3) is 3.49. The predicted molar refractivity (Wildman–Crippen MR) is 98.4 cm³/mol. The van der Waals surface area contributed by atoms with Gasteiger partial charge in [0.25, 0.3) is 0 Å². The van der Waals surface area contributed by atoms with Gasteiger partial charge in [-0.15, -0.1) is 0 Å². The molecule has 3 fully saturated rings. The third-order valence-corrected chi connectivity index (χ3v) is 6.68. The number of carbonyl (C=O) groups is 1. The monoisotopic (exact) mass is 364 g/mol. The lowest BCUT2D eigenvalue weighted by atomic mass is 9.62. The molecule has 1 heterocycles. The zero-order valence-corrected chi connectivity index (χ0v) is 16.3. The van der Waals surface area contributed by atoms with Gasteiger partial charge in [-0.2, -0.15) is 0 Å². The molecule has 0 radical (unpaired) electrons. The minimum Gasteiger partial charge on any atom is -0.461 e. The minimum atomic E-state index is -0.882. The van der Waals surface area contributed by atoms with Crippen LogP contribution in [0.5, 0.6) is 0 Å². The molecule has 0 unspecified atom stereocenters. The average Bonchev–Trinajstić information content (AvgIpc) is 2.67. The van der Waals surface area contributed by atoms with E-state index in [1.54, 1.807) is 27.0 Å². The van der Waals surface area contributed by atoms with Crippen LogP contribution < -0.4 is 0 Å². The van der Waals surface area contributed by atoms with Crippen LogP contribution >= 0.6 is 0 Å². The Balaban J connectivity index is 1.98. The fourth-order valence-electron chi connectivity index (χ4n) is 5.17. The van der Waals surface area contributed by atoms with Crippen molar-refractivity contribution in [3.05, 3.63) is 23.8 Å². The Labute approximate surface area is 156 Å². The maximum Gasteiger partial charge on any atom is 0.312 e. The summed E-state index contributed by atoms with van der Waals surface area (Å²) < 4.78 is 11.5. The second kappa shape index (κ2) is 6.77. The molecule has 5 heteroatoms. The summed E-state index contributed by atoms with van der Waals surface area (Å²) in [4.78, 5) is 12.8. The number of cyclic esters (lactones) is 1. The Morgan fingerprint density at radius 1 is 1.31 bits per heavy atom. The molecular formula is C21H32O5. The highest BCUT2D eigenvalue weighted by Crippen LogP contribution is 2.56. The van der Waals surface area contributed by atoms with Gasteiger partial charge in [0, 0.05) is 7.11 Å². The van der Waals surface area contributed by atoms with Crippen molar-refractivity contribution >= 4 is 5.97 Å². The molecule has 0 amide bonds. The number of fused-ring (bicyclic) bond motifs is 4. The number of aliphatic hydroxyl groups excluding tert-OH is 1. The Bertz CT molecular complexity index is 616. The first kappa shape index (κ1) is 19.6. The first-order valence-corrected chi connectivity index (χ1v) is 9.61. The minimum absolute atomic E-state index is 0.0507. The van der Waals surface area contributed by atoms with Crippen molar-refractivity contribution in [3.8, 4) is 0 Å². The van der Waals surface area contributed by atoms with Crippen molar-refractivity contribution in [1.29, 1.82) is 0 Å². The molecule has 0 aromatic heterocycles. The van der Waals surface area contributed by atoms with Gasteiger partial charge in [-0.3, -0.25) is 4.79 Å². The smallest absolute Gasteiger partial charge is 0.312 e. The topological polar surface area (TPSA) is 76.0 Å². The number of rotatable bonds is 3. The molecule has 1 aliphatic heterocycles. The van der Waals surface area contributed by atoms with E-state index in [9.17, 15) is 15.0 Å². The Hall–Kier alpha value is -1.17. The van der Waals surface area contributed by atoms with Gasteiger partial charge in [0.05, 0.1) is 23.2 Å². The molecule has 2 N–H and O–H groups in total. The van der Waals surface area contributed by atoms with Crippen LogP contribution in [0.4, 0.5) is 0 Å². The van der Waals surface area contributed by atoms with Crippen LogP contribution in [-0.2, 0) is 14.3 Å². The van der Waals surface area contributed by atoms with Crippen molar-refractivity contribution in [2.24, 2.45) is 17.3 Å². The van der Waals surface area contributed by atoms with Crippen LogP contribution in [-0.4, -0.2) is 47.2 Å². The summed E-state index contributed by atoms with van der Waals surface area (Å²) in [6.45, 7) is 5.85. The average molecular weight is 364 g/mol. The molecule has 0 aromatic rings. The van der Waals surface area contributed by atoms with Gasteiger partial charge >= 0.3 is 5.97 Å². The molecule has 26 heavy (non-hydrogen) atoms. The maximum absolute atomic E-state index is 12.8. The summed E-state index contributed by atoms with van der Waals surface area (Å²) in [6, 6.07) is 0. The Morgan fingerprint density at radius 2 is 2.04 bits per heavy atom.